The summed E-state index contributed by atoms with van der Waals surface area (Å²) in [7, 11) is 0. The Labute approximate surface area is 104 Å². The van der Waals surface area contributed by atoms with Crippen molar-refractivity contribution in [2.24, 2.45) is 5.92 Å². The Morgan fingerprint density at radius 2 is 1.94 bits per heavy atom. The topological polar surface area (TPSA) is 37.3 Å². The van der Waals surface area contributed by atoms with E-state index in [1.165, 1.54) is 11.1 Å². The lowest BCUT2D eigenvalue weighted by Crippen LogP contribution is -2.11. The fraction of sp³-hybridized carbons (Fsp3) is 0.533. The van der Waals surface area contributed by atoms with E-state index in [0.717, 1.165) is 12.8 Å². The fourth-order valence-corrected chi connectivity index (χ4v) is 1.96. The highest BCUT2D eigenvalue weighted by Gasteiger charge is 2.13. The molecule has 1 N–H and O–H groups in total. The molecule has 2 unspecified atom stereocenters. The van der Waals surface area contributed by atoms with E-state index < -0.39 is 5.97 Å². The fourth-order valence-electron chi connectivity index (χ4n) is 1.96. The molecule has 0 aromatic heterocycles. The summed E-state index contributed by atoms with van der Waals surface area (Å²) in [6, 6.07) is 8.38. The molecule has 0 aliphatic rings. The van der Waals surface area contributed by atoms with Crippen LogP contribution in [-0.4, -0.2) is 11.1 Å². The van der Waals surface area contributed by atoms with Gasteiger partial charge in [0.25, 0.3) is 0 Å². The van der Waals surface area contributed by atoms with Gasteiger partial charge in [0, 0.05) is 0 Å². The Balaban J connectivity index is 2.73. The molecule has 0 aliphatic carbocycles. The number of hydrogen-bond acceptors (Lipinski definition) is 1. The predicted molar refractivity (Wildman–Crippen MR) is 70.3 cm³/mol. The molecule has 2 nitrogen and oxygen atoms in total. The Morgan fingerprint density at radius 3 is 2.53 bits per heavy atom. The molecule has 17 heavy (non-hydrogen) atoms. The summed E-state index contributed by atoms with van der Waals surface area (Å²) in [5.74, 6) is -0.419. The number of hydrogen-bond donors (Lipinski definition) is 1. The summed E-state index contributed by atoms with van der Waals surface area (Å²) in [6.45, 7) is 6.18. The minimum absolute atomic E-state index is 0.264. The number of carboxylic acid groups (broad SMARTS) is 1. The molecule has 0 amide bonds. The van der Waals surface area contributed by atoms with E-state index in [4.69, 9.17) is 5.11 Å². The van der Waals surface area contributed by atoms with E-state index in [-0.39, 0.29) is 5.92 Å². The van der Waals surface area contributed by atoms with Crippen molar-refractivity contribution in [3.63, 3.8) is 0 Å². The monoisotopic (exact) mass is 234 g/mol. The zero-order valence-electron chi connectivity index (χ0n) is 10.9. The standard InChI is InChI=1S/C15H22O2/c1-4-11(2)14-8-6-5-7-13(14)10-9-12(3)15(16)17/h5-8,11-12H,4,9-10H2,1-3H3,(H,16,17). The van der Waals surface area contributed by atoms with Crippen molar-refractivity contribution < 1.29 is 9.90 Å². The minimum atomic E-state index is -0.703. The molecule has 0 radical (unpaired) electrons. The molecule has 0 saturated carbocycles. The van der Waals surface area contributed by atoms with Gasteiger partial charge in [-0.15, -0.1) is 0 Å². The second kappa shape index (κ2) is 6.43. The van der Waals surface area contributed by atoms with E-state index in [1.54, 1.807) is 6.92 Å². The number of carboxylic acids is 1. The summed E-state index contributed by atoms with van der Waals surface area (Å²) < 4.78 is 0. The number of aliphatic carboxylic acids is 1. The van der Waals surface area contributed by atoms with Crippen LogP contribution >= 0.6 is 0 Å². The molecule has 0 fully saturated rings. The molecule has 0 spiro atoms. The summed E-state index contributed by atoms with van der Waals surface area (Å²) in [5, 5.41) is 8.88. The van der Waals surface area contributed by atoms with E-state index in [2.05, 4.69) is 32.0 Å². The summed E-state index contributed by atoms with van der Waals surface area (Å²) in [4.78, 5) is 10.8. The van der Waals surface area contributed by atoms with Gasteiger partial charge >= 0.3 is 5.97 Å². The number of rotatable bonds is 6. The van der Waals surface area contributed by atoms with Crippen LogP contribution in [0.25, 0.3) is 0 Å². The van der Waals surface area contributed by atoms with Gasteiger partial charge in [0.15, 0.2) is 0 Å². The lowest BCUT2D eigenvalue weighted by molar-refractivity contribution is -0.141. The molecule has 1 rings (SSSR count). The normalized spacial score (nSPS) is 14.3. The molecule has 0 saturated heterocycles. The van der Waals surface area contributed by atoms with Gasteiger partial charge in [0.1, 0.15) is 0 Å². The number of benzene rings is 1. The second-order valence-corrected chi connectivity index (χ2v) is 4.79. The van der Waals surface area contributed by atoms with Gasteiger partial charge < -0.3 is 5.11 Å². The Kier molecular flexibility index (Phi) is 5.20. The minimum Gasteiger partial charge on any atom is -0.481 e. The molecule has 2 atom stereocenters. The van der Waals surface area contributed by atoms with E-state index >= 15 is 0 Å². The summed E-state index contributed by atoms with van der Waals surface area (Å²) >= 11 is 0. The molecule has 94 valence electrons. The zero-order valence-corrected chi connectivity index (χ0v) is 10.9. The molecular weight excluding hydrogens is 212 g/mol. The maximum Gasteiger partial charge on any atom is 0.306 e. The molecule has 0 heterocycles. The van der Waals surface area contributed by atoms with Crippen molar-refractivity contribution in [2.75, 3.05) is 0 Å². The lowest BCUT2D eigenvalue weighted by atomic mass is 9.90. The number of aryl methyl sites for hydroxylation is 1. The van der Waals surface area contributed by atoms with Crippen LogP contribution in [0.4, 0.5) is 0 Å². The van der Waals surface area contributed by atoms with Gasteiger partial charge in [0.2, 0.25) is 0 Å². The van der Waals surface area contributed by atoms with Crippen molar-refractivity contribution in [1.29, 1.82) is 0 Å². The highest BCUT2D eigenvalue weighted by molar-refractivity contribution is 5.69. The van der Waals surface area contributed by atoms with Gasteiger partial charge in [-0.25, -0.2) is 0 Å². The Morgan fingerprint density at radius 1 is 1.29 bits per heavy atom. The van der Waals surface area contributed by atoms with E-state index in [1.807, 2.05) is 6.07 Å². The van der Waals surface area contributed by atoms with Crippen molar-refractivity contribution in [2.45, 2.75) is 46.0 Å². The van der Waals surface area contributed by atoms with Crippen molar-refractivity contribution in [1.82, 2.24) is 0 Å². The first-order valence-electron chi connectivity index (χ1n) is 6.36. The van der Waals surface area contributed by atoms with Crippen LogP contribution in [0.2, 0.25) is 0 Å². The van der Waals surface area contributed by atoms with Crippen LogP contribution in [0.5, 0.6) is 0 Å². The van der Waals surface area contributed by atoms with Crippen LogP contribution in [0.3, 0.4) is 0 Å². The van der Waals surface area contributed by atoms with Crippen molar-refractivity contribution in [3.8, 4) is 0 Å². The van der Waals surface area contributed by atoms with Crippen LogP contribution < -0.4 is 0 Å². The molecule has 0 bridgehead atoms. The summed E-state index contributed by atoms with van der Waals surface area (Å²) in [5.41, 5.74) is 2.67. The van der Waals surface area contributed by atoms with E-state index in [9.17, 15) is 4.79 Å². The quantitative estimate of drug-likeness (QED) is 0.811. The first-order valence-corrected chi connectivity index (χ1v) is 6.36. The molecule has 1 aromatic rings. The van der Waals surface area contributed by atoms with E-state index in [0.29, 0.717) is 12.3 Å². The summed E-state index contributed by atoms with van der Waals surface area (Å²) in [6.07, 6.45) is 2.68. The second-order valence-electron chi connectivity index (χ2n) is 4.79. The van der Waals surface area contributed by atoms with Crippen LogP contribution in [-0.2, 0) is 11.2 Å². The van der Waals surface area contributed by atoms with Crippen LogP contribution in [0.15, 0.2) is 24.3 Å². The smallest absolute Gasteiger partial charge is 0.306 e. The maximum atomic E-state index is 10.8. The maximum absolute atomic E-state index is 10.8. The van der Waals surface area contributed by atoms with Crippen LogP contribution in [0.1, 0.15) is 50.7 Å². The third-order valence-electron chi connectivity index (χ3n) is 3.47. The zero-order chi connectivity index (χ0) is 12.8. The first-order chi connectivity index (χ1) is 8.06. The molecule has 2 heteroatoms. The van der Waals surface area contributed by atoms with Crippen molar-refractivity contribution in [3.05, 3.63) is 35.4 Å². The molecule has 0 aliphatic heterocycles. The van der Waals surface area contributed by atoms with Gasteiger partial charge in [-0.05, 0) is 36.3 Å². The van der Waals surface area contributed by atoms with Gasteiger partial charge in [-0.2, -0.15) is 0 Å². The number of carbonyl (C=O) groups is 1. The highest BCUT2D eigenvalue weighted by Crippen LogP contribution is 2.24. The Hall–Kier alpha value is -1.31. The highest BCUT2D eigenvalue weighted by atomic mass is 16.4. The Bertz CT molecular complexity index is 371. The van der Waals surface area contributed by atoms with Gasteiger partial charge in [-0.3, -0.25) is 4.79 Å². The molecule has 1 aromatic carbocycles. The lowest BCUT2D eigenvalue weighted by Gasteiger charge is -2.15. The average Bonchev–Trinajstić information content (AvgIpc) is 2.35. The average molecular weight is 234 g/mol. The molecular formula is C15H22O2. The van der Waals surface area contributed by atoms with Crippen LogP contribution in [0, 0.1) is 5.92 Å². The van der Waals surface area contributed by atoms with Crippen molar-refractivity contribution >= 4 is 5.97 Å². The third-order valence-corrected chi connectivity index (χ3v) is 3.47. The first kappa shape index (κ1) is 13.8. The van der Waals surface area contributed by atoms with Gasteiger partial charge in [0.05, 0.1) is 5.92 Å². The van der Waals surface area contributed by atoms with Gasteiger partial charge in [-0.1, -0.05) is 45.0 Å². The third kappa shape index (κ3) is 3.88. The SMILES string of the molecule is CCC(C)c1ccccc1CCC(C)C(=O)O. The predicted octanol–water partition coefficient (Wildman–Crippen LogP) is 3.85. The largest absolute Gasteiger partial charge is 0.481 e.